The van der Waals surface area contributed by atoms with Gasteiger partial charge in [-0.3, -0.25) is 9.10 Å². The van der Waals surface area contributed by atoms with Gasteiger partial charge in [-0.2, -0.15) is 0 Å². The monoisotopic (exact) mass is 488 g/mol. The zero-order valence-corrected chi connectivity index (χ0v) is 19.4. The van der Waals surface area contributed by atoms with Crippen LogP contribution in [-0.2, 0) is 19.6 Å². The van der Waals surface area contributed by atoms with Crippen molar-refractivity contribution in [1.82, 2.24) is 0 Å². The minimum absolute atomic E-state index is 0.0508. The largest absolute Gasteiger partial charge is 0.497 e. The topological polar surface area (TPSA) is 102 Å². The lowest BCUT2D eigenvalue weighted by Crippen LogP contribution is -2.27. The number of benzene rings is 3. The van der Waals surface area contributed by atoms with Crippen LogP contribution in [0.25, 0.3) is 0 Å². The van der Waals surface area contributed by atoms with Crippen LogP contribution in [0.5, 0.6) is 5.75 Å². The summed E-state index contributed by atoms with van der Waals surface area (Å²) < 4.78 is 37.3. The quantitative estimate of drug-likeness (QED) is 0.481. The third-order valence-electron chi connectivity index (χ3n) is 4.61. The van der Waals surface area contributed by atoms with Gasteiger partial charge in [-0.1, -0.05) is 35.9 Å². The number of sulfonamides is 1. The number of hydrogen-bond acceptors (Lipinski definition) is 6. The average Bonchev–Trinajstić information content (AvgIpc) is 2.82. The number of para-hydroxylation sites is 1. The van der Waals surface area contributed by atoms with Crippen LogP contribution in [0.4, 0.5) is 11.4 Å². The number of rotatable bonds is 8. The number of ether oxygens (including phenoxy) is 2. The van der Waals surface area contributed by atoms with Crippen molar-refractivity contribution in [2.45, 2.75) is 4.90 Å². The summed E-state index contributed by atoms with van der Waals surface area (Å²) in [5, 5.41) is 2.53. The molecule has 3 aromatic carbocycles. The highest BCUT2D eigenvalue weighted by molar-refractivity contribution is 7.93. The molecule has 0 aliphatic heterocycles. The molecular weight excluding hydrogens is 468 g/mol. The molecule has 0 radical (unpaired) electrons. The van der Waals surface area contributed by atoms with E-state index in [0.29, 0.717) is 17.1 Å². The summed E-state index contributed by atoms with van der Waals surface area (Å²) in [6.07, 6.45) is 0. The van der Waals surface area contributed by atoms with Crippen molar-refractivity contribution in [3.63, 3.8) is 0 Å². The molecule has 0 saturated heterocycles. The van der Waals surface area contributed by atoms with E-state index in [4.69, 9.17) is 21.1 Å². The first-order chi connectivity index (χ1) is 15.7. The van der Waals surface area contributed by atoms with E-state index in [0.717, 1.165) is 10.4 Å². The Labute approximate surface area is 196 Å². The van der Waals surface area contributed by atoms with Gasteiger partial charge in [0.05, 0.1) is 23.4 Å². The normalized spacial score (nSPS) is 10.9. The first-order valence-corrected chi connectivity index (χ1v) is 11.5. The number of halogens is 1. The number of hydrogen-bond donors (Lipinski definition) is 1. The van der Waals surface area contributed by atoms with Crippen molar-refractivity contribution in [1.29, 1.82) is 0 Å². The average molecular weight is 489 g/mol. The van der Waals surface area contributed by atoms with Crippen LogP contribution in [0.1, 0.15) is 10.4 Å². The van der Waals surface area contributed by atoms with Crippen LogP contribution in [0.2, 0.25) is 5.02 Å². The molecule has 3 rings (SSSR count). The zero-order valence-electron chi connectivity index (χ0n) is 17.8. The highest BCUT2D eigenvalue weighted by Crippen LogP contribution is 2.28. The summed E-state index contributed by atoms with van der Waals surface area (Å²) in [4.78, 5) is 24.3. The van der Waals surface area contributed by atoms with Gasteiger partial charge >= 0.3 is 5.97 Å². The molecule has 0 aromatic heterocycles. The van der Waals surface area contributed by atoms with Gasteiger partial charge in [0, 0.05) is 18.8 Å². The number of nitrogens with zero attached hydrogens (tertiary/aromatic N) is 1. The van der Waals surface area contributed by atoms with E-state index in [-0.39, 0.29) is 15.5 Å². The third kappa shape index (κ3) is 5.82. The van der Waals surface area contributed by atoms with Crippen LogP contribution in [0.15, 0.2) is 77.7 Å². The molecule has 0 heterocycles. The second kappa shape index (κ2) is 10.4. The van der Waals surface area contributed by atoms with E-state index in [1.807, 2.05) is 0 Å². The standard InChI is InChI=1S/C23H21ClN2O6S/c1-26(18-8-4-3-5-9-18)33(29,30)21-13-16(11-12-20(21)24)23(28)32-15-22(27)25-17-7-6-10-19(14-17)31-2/h3-14H,15H2,1-2H3,(H,25,27). The number of esters is 1. The number of anilines is 2. The first-order valence-electron chi connectivity index (χ1n) is 9.67. The second-order valence-corrected chi connectivity index (χ2v) is 9.15. The zero-order chi connectivity index (χ0) is 24.0. The van der Waals surface area contributed by atoms with E-state index in [1.165, 1.54) is 26.3 Å². The summed E-state index contributed by atoms with van der Waals surface area (Å²) in [5.41, 5.74) is 0.837. The smallest absolute Gasteiger partial charge is 0.338 e. The Morgan fingerprint density at radius 1 is 1.00 bits per heavy atom. The maximum Gasteiger partial charge on any atom is 0.338 e. The number of amides is 1. The maximum absolute atomic E-state index is 13.1. The SMILES string of the molecule is COc1cccc(NC(=O)COC(=O)c2ccc(Cl)c(S(=O)(=O)N(C)c3ccccc3)c2)c1. The molecule has 0 unspecified atom stereocenters. The molecule has 0 atom stereocenters. The molecule has 0 saturated carbocycles. The fourth-order valence-electron chi connectivity index (χ4n) is 2.86. The summed E-state index contributed by atoms with van der Waals surface area (Å²) in [7, 11) is -1.17. The van der Waals surface area contributed by atoms with Crippen LogP contribution in [0, 0.1) is 0 Å². The molecule has 33 heavy (non-hydrogen) atoms. The second-order valence-electron chi connectivity index (χ2n) is 6.81. The predicted molar refractivity (Wildman–Crippen MR) is 125 cm³/mol. The Balaban J connectivity index is 1.71. The molecule has 1 N–H and O–H groups in total. The van der Waals surface area contributed by atoms with Crippen LogP contribution in [-0.4, -0.2) is 41.1 Å². The molecule has 3 aromatic rings. The summed E-state index contributed by atoms with van der Waals surface area (Å²) in [5.74, 6) is -0.881. The Kier molecular flexibility index (Phi) is 7.57. The first kappa shape index (κ1) is 24.1. The Morgan fingerprint density at radius 3 is 2.42 bits per heavy atom. The molecule has 0 aliphatic carbocycles. The highest BCUT2D eigenvalue weighted by atomic mass is 35.5. The summed E-state index contributed by atoms with van der Waals surface area (Å²) >= 11 is 6.13. The lowest BCUT2D eigenvalue weighted by molar-refractivity contribution is -0.119. The van der Waals surface area contributed by atoms with Gasteiger partial charge in [-0.15, -0.1) is 0 Å². The van der Waals surface area contributed by atoms with E-state index >= 15 is 0 Å². The van der Waals surface area contributed by atoms with Gasteiger partial charge in [-0.25, -0.2) is 13.2 Å². The van der Waals surface area contributed by atoms with Gasteiger partial charge in [0.2, 0.25) is 0 Å². The fraction of sp³-hybridized carbons (Fsp3) is 0.130. The molecule has 10 heteroatoms. The Morgan fingerprint density at radius 2 is 1.73 bits per heavy atom. The van der Waals surface area contributed by atoms with Gasteiger partial charge in [-0.05, 0) is 42.5 Å². The van der Waals surface area contributed by atoms with E-state index in [2.05, 4.69) is 5.32 Å². The molecule has 8 nitrogen and oxygen atoms in total. The number of nitrogens with one attached hydrogen (secondary N) is 1. The minimum atomic E-state index is -4.05. The van der Waals surface area contributed by atoms with Crippen molar-refractivity contribution in [2.75, 3.05) is 30.4 Å². The summed E-state index contributed by atoms with van der Waals surface area (Å²) in [6.45, 7) is -0.565. The lowest BCUT2D eigenvalue weighted by Gasteiger charge is -2.20. The van der Waals surface area contributed by atoms with Crippen molar-refractivity contribution in [3.8, 4) is 5.75 Å². The maximum atomic E-state index is 13.1. The van der Waals surface area contributed by atoms with E-state index in [1.54, 1.807) is 54.6 Å². The van der Waals surface area contributed by atoms with Gasteiger partial charge in [0.1, 0.15) is 10.6 Å². The number of methoxy groups -OCH3 is 1. The van der Waals surface area contributed by atoms with Gasteiger partial charge in [0.15, 0.2) is 6.61 Å². The molecule has 0 spiro atoms. The Hall–Kier alpha value is -3.56. The van der Waals surface area contributed by atoms with Crippen molar-refractivity contribution < 1.29 is 27.5 Å². The van der Waals surface area contributed by atoms with E-state index in [9.17, 15) is 18.0 Å². The lowest BCUT2D eigenvalue weighted by atomic mass is 10.2. The molecule has 1 amide bonds. The molecule has 0 aliphatic rings. The van der Waals surface area contributed by atoms with Crippen molar-refractivity contribution in [2.24, 2.45) is 0 Å². The predicted octanol–water partition coefficient (Wildman–Crippen LogP) is 3.97. The van der Waals surface area contributed by atoms with Crippen molar-refractivity contribution in [3.05, 3.63) is 83.4 Å². The molecule has 0 bridgehead atoms. The fourth-order valence-corrected chi connectivity index (χ4v) is 4.56. The van der Waals surface area contributed by atoms with Gasteiger partial charge < -0.3 is 14.8 Å². The molecule has 0 fully saturated rings. The van der Waals surface area contributed by atoms with Crippen LogP contribution in [0.3, 0.4) is 0 Å². The number of carbonyl (C=O) groups excluding carboxylic acids is 2. The molecule has 172 valence electrons. The minimum Gasteiger partial charge on any atom is -0.497 e. The van der Waals surface area contributed by atoms with Crippen LogP contribution >= 0.6 is 11.6 Å². The van der Waals surface area contributed by atoms with Gasteiger partial charge in [0.25, 0.3) is 15.9 Å². The van der Waals surface area contributed by atoms with Crippen LogP contribution < -0.4 is 14.4 Å². The Bertz CT molecular complexity index is 1260. The van der Waals surface area contributed by atoms with Crippen molar-refractivity contribution >= 4 is 44.9 Å². The molecular formula is C23H21ClN2O6S. The van der Waals surface area contributed by atoms with E-state index < -0.39 is 28.5 Å². The highest BCUT2D eigenvalue weighted by Gasteiger charge is 2.26. The third-order valence-corrected chi connectivity index (χ3v) is 6.88. The number of carbonyl (C=O) groups is 2. The summed E-state index contributed by atoms with van der Waals surface area (Å²) in [6, 6.07) is 18.8.